The van der Waals surface area contributed by atoms with Gasteiger partial charge in [0.2, 0.25) is 0 Å². The molecule has 0 aliphatic heterocycles. The zero-order chi connectivity index (χ0) is 9.33. The highest BCUT2D eigenvalue weighted by atomic mass is 32.3. The minimum atomic E-state index is -4.19. The van der Waals surface area contributed by atoms with Crippen molar-refractivity contribution in [2.45, 2.75) is 13.3 Å². The van der Waals surface area contributed by atoms with E-state index in [0.717, 1.165) is 0 Å². The lowest BCUT2D eigenvalue weighted by Gasteiger charge is -1.92. The van der Waals surface area contributed by atoms with Crippen LogP contribution in [0.2, 0.25) is 0 Å². The summed E-state index contributed by atoms with van der Waals surface area (Å²) < 4.78 is 31.3. The maximum Gasteiger partial charge on any atom is 0.397 e. The van der Waals surface area contributed by atoms with Crippen LogP contribution in [-0.2, 0) is 14.6 Å². The molecule has 0 aromatic heterocycles. The molecule has 0 spiro atoms. The van der Waals surface area contributed by atoms with Gasteiger partial charge >= 0.3 is 10.4 Å². The van der Waals surface area contributed by atoms with E-state index in [2.05, 4.69) is 9.50 Å². The van der Waals surface area contributed by atoms with Crippen molar-refractivity contribution in [3.8, 4) is 0 Å². The van der Waals surface area contributed by atoms with Crippen molar-refractivity contribution in [1.29, 1.82) is 0 Å². The highest BCUT2D eigenvalue weighted by molar-refractivity contribution is 7.80. The molecule has 11 heavy (non-hydrogen) atoms. The molecule has 0 rings (SSSR count). The first-order valence-electron chi connectivity index (χ1n) is 3.18. The topological polar surface area (TPSA) is 75.6 Å². The standard InChI is InChI=1S/C3H8O4S.C2H7N/c1-2-3-7-8(4,5)6;1-3-2/h2-3H2,1H3,(H,4,5,6);3H,1-2H3. The van der Waals surface area contributed by atoms with Crippen LogP contribution in [0.3, 0.4) is 0 Å². The molecule has 6 heteroatoms. The molecule has 0 aliphatic carbocycles. The Hall–Kier alpha value is -0.170. The van der Waals surface area contributed by atoms with E-state index in [0.29, 0.717) is 6.42 Å². The Balaban J connectivity index is 0. The second-order valence-corrected chi connectivity index (χ2v) is 2.84. The minimum Gasteiger partial charge on any atom is -0.323 e. The number of nitrogens with one attached hydrogen (secondary N) is 1. The van der Waals surface area contributed by atoms with Gasteiger partial charge in [0, 0.05) is 0 Å². The van der Waals surface area contributed by atoms with Crippen molar-refractivity contribution in [3.63, 3.8) is 0 Å². The second kappa shape index (κ2) is 7.93. The second-order valence-electron chi connectivity index (χ2n) is 1.75. The Morgan fingerprint density at radius 3 is 1.91 bits per heavy atom. The molecule has 0 unspecified atom stereocenters. The maximum atomic E-state index is 9.72. The van der Waals surface area contributed by atoms with Crippen LogP contribution in [0.15, 0.2) is 0 Å². The maximum absolute atomic E-state index is 9.72. The molecule has 5 nitrogen and oxygen atoms in total. The van der Waals surface area contributed by atoms with Crippen molar-refractivity contribution >= 4 is 10.4 Å². The summed E-state index contributed by atoms with van der Waals surface area (Å²) in [6.45, 7) is 1.78. The van der Waals surface area contributed by atoms with E-state index in [1.807, 2.05) is 14.1 Å². The first kappa shape index (κ1) is 13.4. The predicted molar refractivity (Wildman–Crippen MR) is 42.8 cm³/mol. The van der Waals surface area contributed by atoms with Crippen molar-refractivity contribution < 1.29 is 17.2 Å². The SMILES string of the molecule is CCCOS(=O)(=O)O.CNC. The van der Waals surface area contributed by atoms with Crippen LogP contribution in [0, 0.1) is 0 Å². The van der Waals surface area contributed by atoms with Crippen molar-refractivity contribution in [3.05, 3.63) is 0 Å². The molecule has 0 aromatic carbocycles. The molecule has 0 heterocycles. The fourth-order valence-corrected chi connectivity index (χ4v) is 0.566. The molecule has 0 amide bonds. The molecule has 0 saturated heterocycles. The van der Waals surface area contributed by atoms with Gasteiger partial charge in [0.25, 0.3) is 0 Å². The Labute approximate surface area is 67.7 Å². The highest BCUT2D eigenvalue weighted by Crippen LogP contribution is 1.86. The largest absolute Gasteiger partial charge is 0.397 e. The van der Waals surface area contributed by atoms with Crippen LogP contribution >= 0.6 is 0 Å². The van der Waals surface area contributed by atoms with Crippen LogP contribution in [0.1, 0.15) is 13.3 Å². The van der Waals surface area contributed by atoms with Gasteiger partial charge < -0.3 is 5.32 Å². The van der Waals surface area contributed by atoms with Crippen molar-refractivity contribution in [2.24, 2.45) is 0 Å². The average Bonchev–Trinajstić information content (AvgIpc) is 1.84. The normalized spacial score (nSPS) is 10.2. The molecular formula is C5H15NO4S. The molecule has 0 fully saturated rings. The van der Waals surface area contributed by atoms with Crippen LogP contribution in [0.4, 0.5) is 0 Å². The van der Waals surface area contributed by atoms with Gasteiger partial charge in [0.15, 0.2) is 0 Å². The van der Waals surface area contributed by atoms with Crippen LogP contribution in [0.5, 0.6) is 0 Å². The van der Waals surface area contributed by atoms with Crippen molar-refractivity contribution in [2.75, 3.05) is 20.7 Å². The summed E-state index contributed by atoms with van der Waals surface area (Å²) in [7, 11) is -0.436. The van der Waals surface area contributed by atoms with Gasteiger partial charge in [-0.05, 0) is 20.5 Å². The van der Waals surface area contributed by atoms with Crippen LogP contribution < -0.4 is 5.32 Å². The van der Waals surface area contributed by atoms with E-state index < -0.39 is 10.4 Å². The lowest BCUT2D eigenvalue weighted by Crippen LogP contribution is -2.03. The van der Waals surface area contributed by atoms with Gasteiger partial charge in [0.1, 0.15) is 0 Å². The monoisotopic (exact) mass is 185 g/mol. The van der Waals surface area contributed by atoms with Crippen LogP contribution in [0.25, 0.3) is 0 Å². The molecule has 2 N–H and O–H groups in total. The zero-order valence-corrected chi connectivity index (χ0v) is 7.81. The Morgan fingerprint density at radius 1 is 1.45 bits per heavy atom. The molecule has 70 valence electrons. The summed E-state index contributed by atoms with van der Waals surface area (Å²) in [6.07, 6.45) is 0.569. The van der Waals surface area contributed by atoms with Gasteiger partial charge in [-0.25, -0.2) is 4.18 Å². The third-order valence-electron chi connectivity index (χ3n) is 0.436. The van der Waals surface area contributed by atoms with Gasteiger partial charge in [0.05, 0.1) is 6.61 Å². The molecule has 0 aromatic rings. The smallest absolute Gasteiger partial charge is 0.323 e. The first-order valence-corrected chi connectivity index (χ1v) is 4.54. The number of hydrogen-bond donors (Lipinski definition) is 2. The van der Waals surface area contributed by atoms with Gasteiger partial charge in [-0.2, -0.15) is 8.42 Å². The summed E-state index contributed by atoms with van der Waals surface area (Å²) in [5.74, 6) is 0. The third kappa shape index (κ3) is 25.8. The molecule has 0 saturated carbocycles. The summed E-state index contributed by atoms with van der Waals surface area (Å²) in [4.78, 5) is 0. The fraction of sp³-hybridized carbons (Fsp3) is 1.00. The number of rotatable bonds is 3. The molecule has 0 aliphatic rings. The molecule has 0 radical (unpaired) electrons. The fourth-order valence-electron chi connectivity index (χ4n) is 0.189. The molecular weight excluding hydrogens is 170 g/mol. The lowest BCUT2D eigenvalue weighted by atomic mass is 10.5. The Morgan fingerprint density at radius 2 is 1.82 bits per heavy atom. The van der Waals surface area contributed by atoms with Gasteiger partial charge in [-0.15, -0.1) is 0 Å². The highest BCUT2D eigenvalue weighted by Gasteiger charge is 1.99. The lowest BCUT2D eigenvalue weighted by molar-refractivity contribution is 0.269. The van der Waals surface area contributed by atoms with E-state index in [4.69, 9.17) is 4.55 Å². The van der Waals surface area contributed by atoms with E-state index in [1.165, 1.54) is 0 Å². The Bertz CT molecular complexity index is 154. The first-order chi connectivity index (χ1) is 4.97. The van der Waals surface area contributed by atoms with E-state index in [1.54, 1.807) is 6.92 Å². The van der Waals surface area contributed by atoms with Gasteiger partial charge in [-0.3, -0.25) is 4.55 Å². The van der Waals surface area contributed by atoms with E-state index in [-0.39, 0.29) is 6.61 Å². The molecule has 0 bridgehead atoms. The quantitative estimate of drug-likeness (QED) is 0.608. The summed E-state index contributed by atoms with van der Waals surface area (Å²) in [6, 6.07) is 0. The molecule has 0 atom stereocenters. The van der Waals surface area contributed by atoms with Crippen molar-refractivity contribution in [1.82, 2.24) is 5.32 Å². The average molecular weight is 185 g/mol. The van der Waals surface area contributed by atoms with E-state index >= 15 is 0 Å². The Kier molecular flexibility index (Phi) is 9.68. The van der Waals surface area contributed by atoms with Gasteiger partial charge in [-0.1, -0.05) is 6.92 Å². The minimum absolute atomic E-state index is 0.0405. The number of hydrogen-bond acceptors (Lipinski definition) is 4. The predicted octanol–water partition coefficient (Wildman–Crippen LogP) is 0.0514. The third-order valence-corrected chi connectivity index (χ3v) is 0.901. The summed E-state index contributed by atoms with van der Waals surface area (Å²) in [5, 5.41) is 2.75. The summed E-state index contributed by atoms with van der Waals surface area (Å²) in [5.41, 5.74) is 0. The zero-order valence-electron chi connectivity index (χ0n) is 6.99. The van der Waals surface area contributed by atoms with Crippen LogP contribution in [-0.4, -0.2) is 33.7 Å². The summed E-state index contributed by atoms with van der Waals surface area (Å²) >= 11 is 0. The van der Waals surface area contributed by atoms with E-state index in [9.17, 15) is 8.42 Å².